The molecule has 2 heterocycles. The Balaban J connectivity index is 2.21. The van der Waals surface area contributed by atoms with Gasteiger partial charge in [-0.05, 0) is 37.9 Å². The Labute approximate surface area is 100 Å². The molecule has 1 atom stereocenters. The van der Waals surface area contributed by atoms with E-state index in [1.807, 2.05) is 4.57 Å². The second-order valence-electron chi connectivity index (χ2n) is 4.30. The van der Waals surface area contributed by atoms with E-state index in [4.69, 9.17) is 17.0 Å². The first-order valence-electron chi connectivity index (χ1n) is 5.71. The summed E-state index contributed by atoms with van der Waals surface area (Å²) >= 11 is 5.25. The van der Waals surface area contributed by atoms with Crippen LogP contribution in [0.25, 0.3) is 0 Å². The fourth-order valence-corrected chi connectivity index (χ4v) is 2.73. The Bertz CT molecular complexity index is 393. The van der Waals surface area contributed by atoms with Crippen molar-refractivity contribution in [3.8, 4) is 0 Å². The van der Waals surface area contributed by atoms with Crippen molar-refractivity contribution in [2.24, 2.45) is 5.92 Å². The Morgan fingerprint density at radius 2 is 2.31 bits per heavy atom. The molecule has 2 N–H and O–H groups in total. The summed E-state index contributed by atoms with van der Waals surface area (Å²) in [6.45, 7) is 3.86. The molecule has 4 nitrogen and oxygen atoms in total. The van der Waals surface area contributed by atoms with Crippen LogP contribution in [0.1, 0.15) is 31.5 Å². The van der Waals surface area contributed by atoms with Gasteiger partial charge in [0.25, 0.3) is 0 Å². The summed E-state index contributed by atoms with van der Waals surface area (Å²) in [7, 11) is 0. The number of H-pyrrole nitrogens is 1. The number of hydrogen-bond donors (Lipinski definition) is 2. The number of nitrogens with zero attached hydrogens (tertiary/aromatic N) is 1. The third kappa shape index (κ3) is 2.21. The molecule has 0 amide bonds. The molecule has 1 aromatic rings. The van der Waals surface area contributed by atoms with Gasteiger partial charge in [0.1, 0.15) is 0 Å². The van der Waals surface area contributed by atoms with Crippen LogP contribution in [0.5, 0.6) is 0 Å². The van der Waals surface area contributed by atoms with Gasteiger partial charge in [-0.15, -0.1) is 0 Å². The lowest BCUT2D eigenvalue weighted by molar-refractivity contribution is 0.0503. The van der Waals surface area contributed by atoms with E-state index in [1.54, 1.807) is 6.20 Å². The number of imidazole rings is 1. The first-order chi connectivity index (χ1) is 7.74. The number of hydrogen-bond acceptors (Lipinski definition) is 3. The molecule has 16 heavy (non-hydrogen) atoms. The Hall–Kier alpha value is -0.650. The molecule has 2 rings (SSSR count). The minimum absolute atomic E-state index is 0.0285. The second-order valence-corrected chi connectivity index (χ2v) is 4.69. The van der Waals surface area contributed by atoms with E-state index in [2.05, 4.69) is 11.9 Å². The predicted molar refractivity (Wildman–Crippen MR) is 63.8 cm³/mol. The third-order valence-electron chi connectivity index (χ3n) is 3.41. The molecule has 0 aliphatic carbocycles. The molecular formula is C11H18N2O2S. The molecule has 1 saturated heterocycles. The van der Waals surface area contributed by atoms with Crippen LogP contribution in [0.15, 0.2) is 6.20 Å². The van der Waals surface area contributed by atoms with Crippen LogP contribution >= 0.6 is 12.2 Å². The summed E-state index contributed by atoms with van der Waals surface area (Å²) in [6.07, 6.45) is 3.93. The maximum absolute atomic E-state index is 9.27. The fraction of sp³-hybridized carbons (Fsp3) is 0.727. The van der Waals surface area contributed by atoms with Crippen LogP contribution < -0.4 is 0 Å². The largest absolute Gasteiger partial charge is 0.390 e. The minimum atomic E-state index is 0.0285. The molecule has 0 bridgehead atoms. The molecule has 0 aromatic carbocycles. The predicted octanol–water partition coefficient (Wildman–Crippen LogP) is 2.03. The summed E-state index contributed by atoms with van der Waals surface area (Å²) in [5, 5.41) is 9.27. The van der Waals surface area contributed by atoms with Crippen molar-refractivity contribution in [1.29, 1.82) is 0 Å². The van der Waals surface area contributed by atoms with Crippen LogP contribution in [0.3, 0.4) is 0 Å². The summed E-state index contributed by atoms with van der Waals surface area (Å²) in [5.41, 5.74) is 0.865. The third-order valence-corrected chi connectivity index (χ3v) is 3.72. The van der Waals surface area contributed by atoms with Crippen LogP contribution in [-0.2, 0) is 11.3 Å². The van der Waals surface area contributed by atoms with E-state index in [0.717, 1.165) is 31.7 Å². The zero-order chi connectivity index (χ0) is 11.5. The molecule has 1 unspecified atom stereocenters. The highest BCUT2D eigenvalue weighted by molar-refractivity contribution is 7.71. The van der Waals surface area contributed by atoms with Crippen molar-refractivity contribution in [3.63, 3.8) is 0 Å². The van der Waals surface area contributed by atoms with Gasteiger partial charge in [0.2, 0.25) is 0 Å². The molecule has 1 aromatic heterocycles. The number of aromatic amines is 1. The van der Waals surface area contributed by atoms with Crippen LogP contribution in [0.2, 0.25) is 0 Å². The first-order valence-corrected chi connectivity index (χ1v) is 6.12. The molecule has 0 saturated carbocycles. The van der Waals surface area contributed by atoms with Gasteiger partial charge in [-0.25, -0.2) is 0 Å². The van der Waals surface area contributed by atoms with Crippen molar-refractivity contribution in [2.75, 3.05) is 13.2 Å². The molecular weight excluding hydrogens is 224 g/mol. The highest BCUT2D eigenvalue weighted by Gasteiger charge is 2.23. The van der Waals surface area contributed by atoms with Crippen molar-refractivity contribution < 1.29 is 9.84 Å². The van der Waals surface area contributed by atoms with E-state index in [-0.39, 0.29) is 6.61 Å². The van der Waals surface area contributed by atoms with Crippen LogP contribution in [0.4, 0.5) is 0 Å². The van der Waals surface area contributed by atoms with Gasteiger partial charge in [-0.3, -0.25) is 0 Å². The zero-order valence-electron chi connectivity index (χ0n) is 9.48. The Kier molecular flexibility index (Phi) is 3.78. The van der Waals surface area contributed by atoms with Gasteiger partial charge in [0.05, 0.1) is 12.3 Å². The van der Waals surface area contributed by atoms with Crippen molar-refractivity contribution in [1.82, 2.24) is 9.55 Å². The van der Waals surface area contributed by atoms with E-state index in [0.29, 0.717) is 16.7 Å². The molecule has 0 spiro atoms. The Morgan fingerprint density at radius 1 is 1.62 bits per heavy atom. The average molecular weight is 242 g/mol. The monoisotopic (exact) mass is 242 g/mol. The normalized spacial score (nSPS) is 19.9. The van der Waals surface area contributed by atoms with Crippen LogP contribution in [0, 0.1) is 10.7 Å². The fourth-order valence-electron chi connectivity index (χ4n) is 2.39. The molecule has 1 fully saturated rings. The molecule has 0 radical (unpaired) electrons. The quantitative estimate of drug-likeness (QED) is 0.797. The van der Waals surface area contributed by atoms with E-state index in [9.17, 15) is 5.11 Å². The lowest BCUT2D eigenvalue weighted by Gasteiger charge is -2.29. The highest BCUT2D eigenvalue weighted by Crippen LogP contribution is 2.28. The van der Waals surface area contributed by atoms with Crippen LogP contribution in [-0.4, -0.2) is 27.9 Å². The highest BCUT2D eigenvalue weighted by atomic mass is 32.1. The van der Waals surface area contributed by atoms with E-state index < -0.39 is 0 Å². The number of aromatic nitrogens is 2. The minimum Gasteiger partial charge on any atom is -0.390 e. The smallest absolute Gasteiger partial charge is 0.177 e. The number of rotatable bonds is 3. The summed E-state index contributed by atoms with van der Waals surface area (Å²) < 4.78 is 8.09. The summed E-state index contributed by atoms with van der Waals surface area (Å²) in [4.78, 5) is 2.99. The van der Waals surface area contributed by atoms with E-state index in [1.165, 1.54) is 0 Å². The van der Waals surface area contributed by atoms with Gasteiger partial charge in [-0.2, -0.15) is 0 Å². The van der Waals surface area contributed by atoms with Gasteiger partial charge in [-0.1, -0.05) is 0 Å². The number of nitrogens with one attached hydrogen (secondary N) is 1. The Morgan fingerprint density at radius 3 is 2.94 bits per heavy atom. The number of aliphatic hydroxyl groups is 1. The molecule has 1 aliphatic rings. The summed E-state index contributed by atoms with van der Waals surface area (Å²) in [5.74, 6) is 0.585. The molecule has 90 valence electrons. The second kappa shape index (κ2) is 5.12. The standard InChI is InChI=1S/C11H18N2O2S/c1-8(9-2-4-15-5-3-9)13-10(7-14)6-12-11(13)16/h6,8-9,14H,2-5,7H2,1H3,(H,12,16). The maximum atomic E-state index is 9.27. The van der Waals surface area contributed by atoms with Crippen molar-refractivity contribution in [2.45, 2.75) is 32.4 Å². The van der Waals surface area contributed by atoms with Gasteiger partial charge in [0.15, 0.2) is 4.77 Å². The van der Waals surface area contributed by atoms with Gasteiger partial charge in [0, 0.05) is 25.5 Å². The van der Waals surface area contributed by atoms with Crippen molar-refractivity contribution in [3.05, 3.63) is 16.7 Å². The topological polar surface area (TPSA) is 50.2 Å². The summed E-state index contributed by atoms with van der Waals surface area (Å²) in [6, 6.07) is 0.324. The zero-order valence-corrected chi connectivity index (χ0v) is 10.3. The van der Waals surface area contributed by atoms with Gasteiger partial charge < -0.3 is 19.4 Å². The number of aliphatic hydroxyl groups excluding tert-OH is 1. The molecule has 1 aliphatic heterocycles. The van der Waals surface area contributed by atoms with Gasteiger partial charge >= 0.3 is 0 Å². The average Bonchev–Trinajstić information content (AvgIpc) is 2.70. The number of ether oxygens (including phenoxy) is 1. The lowest BCUT2D eigenvalue weighted by atomic mass is 9.92. The van der Waals surface area contributed by atoms with Crippen molar-refractivity contribution >= 4 is 12.2 Å². The molecule has 5 heteroatoms. The van der Waals surface area contributed by atoms with E-state index >= 15 is 0 Å². The SMILES string of the molecule is CC(C1CCOCC1)n1c(CO)c[nH]c1=S. The maximum Gasteiger partial charge on any atom is 0.177 e. The first kappa shape index (κ1) is 11.8. The lowest BCUT2D eigenvalue weighted by Crippen LogP contribution is -2.25.